The van der Waals surface area contributed by atoms with Crippen molar-refractivity contribution in [1.29, 1.82) is 0 Å². The molecule has 5 aromatic rings. The van der Waals surface area contributed by atoms with Gasteiger partial charge >= 0.3 is 5.69 Å². The van der Waals surface area contributed by atoms with Gasteiger partial charge in [-0.3, -0.25) is 19.0 Å². The van der Waals surface area contributed by atoms with Gasteiger partial charge in [-0.1, -0.05) is 45.8 Å². The zero-order valence-electron chi connectivity index (χ0n) is 22.9. The number of carbonyl (C=O) groups excluding carboxylic acids is 2. The first-order chi connectivity index (χ1) is 20.2. The van der Waals surface area contributed by atoms with E-state index in [9.17, 15) is 19.2 Å². The number of halogens is 1. The van der Waals surface area contributed by atoms with Gasteiger partial charge in [-0.25, -0.2) is 9.36 Å². The topological polar surface area (TPSA) is 111 Å². The van der Waals surface area contributed by atoms with Gasteiger partial charge in [0, 0.05) is 22.3 Å². The second-order valence-electron chi connectivity index (χ2n) is 9.66. The van der Waals surface area contributed by atoms with Gasteiger partial charge in [-0.05, 0) is 79.2 Å². The highest BCUT2D eigenvalue weighted by Gasteiger charge is 2.19. The first-order valence-electron chi connectivity index (χ1n) is 13.1. The summed E-state index contributed by atoms with van der Waals surface area (Å²) >= 11 is 3.36. The SMILES string of the molecule is COc1ccc(-n2c(=O)c3ccc(C(=O)NCc4ccc(C)cc4)cc3n(CC(=O)Nc3ccc(Br)cc3)c2=O)cc1. The average Bonchev–Trinajstić information content (AvgIpc) is 3.00. The van der Waals surface area contributed by atoms with Crippen molar-refractivity contribution in [3.05, 3.63) is 133 Å². The number of aromatic nitrogens is 2. The van der Waals surface area contributed by atoms with Crippen LogP contribution in [0.4, 0.5) is 5.69 Å². The predicted molar refractivity (Wildman–Crippen MR) is 165 cm³/mol. The molecular formula is C32H27BrN4O5. The van der Waals surface area contributed by atoms with Gasteiger partial charge in [0.2, 0.25) is 5.91 Å². The number of rotatable bonds is 8. The number of anilines is 1. The third-order valence-corrected chi connectivity index (χ3v) is 7.27. The quantitative estimate of drug-likeness (QED) is 0.257. The average molecular weight is 627 g/mol. The highest BCUT2D eigenvalue weighted by molar-refractivity contribution is 9.10. The van der Waals surface area contributed by atoms with E-state index in [1.807, 2.05) is 31.2 Å². The number of methoxy groups -OCH3 is 1. The molecule has 0 saturated heterocycles. The summed E-state index contributed by atoms with van der Waals surface area (Å²) < 4.78 is 8.26. The molecule has 0 aliphatic rings. The highest BCUT2D eigenvalue weighted by Crippen LogP contribution is 2.18. The molecule has 0 unspecified atom stereocenters. The van der Waals surface area contributed by atoms with Crippen molar-refractivity contribution in [2.45, 2.75) is 20.0 Å². The van der Waals surface area contributed by atoms with Gasteiger partial charge < -0.3 is 15.4 Å². The van der Waals surface area contributed by atoms with E-state index in [1.54, 1.807) is 48.5 Å². The van der Waals surface area contributed by atoms with E-state index in [0.717, 1.165) is 20.2 Å². The lowest BCUT2D eigenvalue weighted by Gasteiger charge is -2.15. The summed E-state index contributed by atoms with van der Waals surface area (Å²) in [6.45, 7) is 1.90. The number of nitrogens with zero attached hydrogens (tertiary/aromatic N) is 2. The van der Waals surface area contributed by atoms with Crippen LogP contribution >= 0.6 is 15.9 Å². The molecule has 1 aromatic heterocycles. The first-order valence-corrected chi connectivity index (χ1v) is 13.9. The second-order valence-corrected chi connectivity index (χ2v) is 10.6. The lowest BCUT2D eigenvalue weighted by atomic mass is 10.1. The summed E-state index contributed by atoms with van der Waals surface area (Å²) in [5, 5.41) is 5.82. The molecule has 0 fully saturated rings. The molecule has 10 heteroatoms. The van der Waals surface area contributed by atoms with Crippen molar-refractivity contribution in [3.63, 3.8) is 0 Å². The van der Waals surface area contributed by atoms with Crippen LogP contribution in [0.25, 0.3) is 16.6 Å². The third kappa shape index (κ3) is 6.18. The minimum absolute atomic E-state index is 0.170. The molecule has 0 saturated carbocycles. The molecule has 0 radical (unpaired) electrons. The Morgan fingerprint density at radius 2 is 1.57 bits per heavy atom. The highest BCUT2D eigenvalue weighted by atomic mass is 79.9. The Balaban J connectivity index is 1.55. The monoisotopic (exact) mass is 626 g/mol. The Morgan fingerprint density at radius 1 is 0.881 bits per heavy atom. The fourth-order valence-corrected chi connectivity index (χ4v) is 4.75. The van der Waals surface area contributed by atoms with Crippen LogP contribution in [0.1, 0.15) is 21.5 Å². The standard InChI is InChI=1S/C32H27BrN4O5/c1-20-3-5-21(6-4-20)18-34-30(39)22-7-16-27-28(17-22)36(19-29(38)35-24-10-8-23(33)9-11-24)32(41)37(31(27)40)25-12-14-26(42-2)15-13-25/h3-17H,18-19H2,1-2H3,(H,34,39)(H,35,38). The number of nitrogens with one attached hydrogen (secondary N) is 2. The van der Waals surface area contributed by atoms with Crippen molar-refractivity contribution in [2.24, 2.45) is 0 Å². The summed E-state index contributed by atoms with van der Waals surface area (Å²) in [4.78, 5) is 53.6. The van der Waals surface area contributed by atoms with Crippen LogP contribution in [-0.4, -0.2) is 28.1 Å². The minimum Gasteiger partial charge on any atom is -0.497 e. The summed E-state index contributed by atoms with van der Waals surface area (Å²) in [5.41, 5.74) is 2.02. The van der Waals surface area contributed by atoms with E-state index >= 15 is 0 Å². The predicted octanol–water partition coefficient (Wildman–Crippen LogP) is 4.80. The molecule has 2 N–H and O–H groups in total. The van der Waals surface area contributed by atoms with E-state index in [1.165, 1.54) is 29.9 Å². The van der Waals surface area contributed by atoms with E-state index < -0.39 is 23.7 Å². The van der Waals surface area contributed by atoms with Crippen molar-refractivity contribution >= 4 is 44.3 Å². The number of benzene rings is 4. The van der Waals surface area contributed by atoms with Gasteiger partial charge in [0.05, 0.1) is 23.7 Å². The summed E-state index contributed by atoms with van der Waals surface area (Å²) in [6, 6.07) is 25.7. The molecule has 0 spiro atoms. The Hall–Kier alpha value is -4.96. The molecular weight excluding hydrogens is 600 g/mol. The van der Waals surface area contributed by atoms with E-state index in [-0.39, 0.29) is 22.4 Å². The largest absolute Gasteiger partial charge is 0.497 e. The van der Waals surface area contributed by atoms with Crippen LogP contribution in [0.5, 0.6) is 5.75 Å². The molecule has 4 aromatic carbocycles. The van der Waals surface area contributed by atoms with E-state index in [0.29, 0.717) is 23.7 Å². The number of hydrogen-bond acceptors (Lipinski definition) is 5. The van der Waals surface area contributed by atoms with Crippen LogP contribution in [0, 0.1) is 6.92 Å². The molecule has 9 nitrogen and oxygen atoms in total. The van der Waals surface area contributed by atoms with E-state index in [2.05, 4.69) is 26.6 Å². The molecule has 0 atom stereocenters. The molecule has 1 heterocycles. The maximum atomic E-state index is 13.8. The first kappa shape index (κ1) is 28.6. The zero-order valence-corrected chi connectivity index (χ0v) is 24.5. The van der Waals surface area contributed by atoms with Gasteiger partial charge in [0.1, 0.15) is 12.3 Å². The zero-order chi connectivity index (χ0) is 29.8. The third-order valence-electron chi connectivity index (χ3n) is 6.74. The van der Waals surface area contributed by atoms with Crippen LogP contribution in [0.15, 0.2) is 105 Å². The molecule has 2 amide bonds. The Morgan fingerprint density at radius 3 is 2.24 bits per heavy atom. The molecule has 0 aliphatic heterocycles. The number of carbonyl (C=O) groups is 2. The molecule has 0 aliphatic carbocycles. The number of aryl methyl sites for hydroxylation is 1. The van der Waals surface area contributed by atoms with Crippen molar-refractivity contribution in [2.75, 3.05) is 12.4 Å². The lowest BCUT2D eigenvalue weighted by Crippen LogP contribution is -2.41. The Kier molecular flexibility index (Phi) is 8.35. The molecule has 5 rings (SSSR count). The Labute approximate surface area is 249 Å². The normalized spacial score (nSPS) is 10.8. The fraction of sp³-hybridized carbons (Fsp3) is 0.125. The summed E-state index contributed by atoms with van der Waals surface area (Å²) in [5.74, 6) is -0.298. The van der Waals surface area contributed by atoms with Crippen molar-refractivity contribution < 1.29 is 14.3 Å². The van der Waals surface area contributed by atoms with E-state index in [4.69, 9.17) is 4.74 Å². The van der Waals surface area contributed by atoms with Crippen LogP contribution in [-0.2, 0) is 17.9 Å². The number of hydrogen-bond donors (Lipinski definition) is 2. The molecule has 212 valence electrons. The Bertz CT molecular complexity index is 1890. The summed E-state index contributed by atoms with van der Waals surface area (Å²) in [6.07, 6.45) is 0. The second kappa shape index (κ2) is 12.3. The van der Waals surface area contributed by atoms with Gasteiger partial charge in [0.15, 0.2) is 0 Å². The molecule has 42 heavy (non-hydrogen) atoms. The lowest BCUT2D eigenvalue weighted by molar-refractivity contribution is -0.116. The van der Waals surface area contributed by atoms with Gasteiger partial charge in [-0.2, -0.15) is 0 Å². The van der Waals surface area contributed by atoms with Gasteiger partial charge in [0.25, 0.3) is 11.5 Å². The maximum absolute atomic E-state index is 13.8. The van der Waals surface area contributed by atoms with Gasteiger partial charge in [-0.15, -0.1) is 0 Å². The van der Waals surface area contributed by atoms with Crippen LogP contribution in [0.2, 0.25) is 0 Å². The van der Waals surface area contributed by atoms with Crippen LogP contribution in [0.3, 0.4) is 0 Å². The maximum Gasteiger partial charge on any atom is 0.336 e. The van der Waals surface area contributed by atoms with Crippen LogP contribution < -0.4 is 26.6 Å². The number of fused-ring (bicyclic) bond motifs is 1. The summed E-state index contributed by atoms with van der Waals surface area (Å²) in [7, 11) is 1.52. The van der Waals surface area contributed by atoms with Crippen molar-refractivity contribution in [1.82, 2.24) is 14.5 Å². The number of ether oxygens (including phenoxy) is 1. The fourth-order valence-electron chi connectivity index (χ4n) is 4.49. The smallest absolute Gasteiger partial charge is 0.336 e. The molecule has 0 bridgehead atoms. The minimum atomic E-state index is -0.721. The van der Waals surface area contributed by atoms with Crippen molar-refractivity contribution in [3.8, 4) is 11.4 Å². The number of amides is 2.